The maximum absolute atomic E-state index is 11.8. The standard InChI is InChI=1S/C22H24N3O7P/c1-31-17-7-13(16(25(29)30)9-18(17)32-2)6-15-11-33-19(21(15)26)8-14(22(27)28)5-12-3-4-20(23)24-10-12/h3-4,7,9-11,14,26,33H,5-6,8H2,1-2H3,(H2,23,24)(H,27,28). The third kappa shape index (κ3) is 5.53. The summed E-state index contributed by atoms with van der Waals surface area (Å²) >= 11 is 0. The summed E-state index contributed by atoms with van der Waals surface area (Å²) in [7, 11) is 2.91. The average molecular weight is 473 g/mol. The summed E-state index contributed by atoms with van der Waals surface area (Å²) < 4.78 is 10.4. The van der Waals surface area contributed by atoms with Gasteiger partial charge in [-0.05, 0) is 36.3 Å². The molecule has 33 heavy (non-hydrogen) atoms. The van der Waals surface area contributed by atoms with Crippen molar-refractivity contribution in [1.29, 1.82) is 0 Å². The lowest BCUT2D eigenvalue weighted by Crippen LogP contribution is -2.19. The third-order valence-electron chi connectivity index (χ3n) is 5.30. The van der Waals surface area contributed by atoms with Gasteiger partial charge in [0.25, 0.3) is 5.69 Å². The Labute approximate surface area is 191 Å². The second kappa shape index (κ2) is 10.2. The van der Waals surface area contributed by atoms with E-state index in [4.69, 9.17) is 15.2 Å². The number of benzene rings is 1. The molecule has 174 valence electrons. The summed E-state index contributed by atoms with van der Waals surface area (Å²) in [5.74, 6) is 0.946. The first-order valence-corrected chi connectivity index (χ1v) is 11.0. The van der Waals surface area contributed by atoms with Crippen LogP contribution >= 0.6 is 8.19 Å². The zero-order valence-corrected chi connectivity index (χ0v) is 19.1. The highest BCUT2D eigenvalue weighted by Gasteiger charge is 2.24. The lowest BCUT2D eigenvalue weighted by Gasteiger charge is -2.13. The Kier molecular flexibility index (Phi) is 7.40. The fourth-order valence-corrected chi connectivity index (χ4v) is 4.81. The van der Waals surface area contributed by atoms with Crippen LogP contribution in [-0.2, 0) is 24.1 Å². The van der Waals surface area contributed by atoms with Crippen LogP contribution in [0.15, 0.2) is 36.3 Å². The van der Waals surface area contributed by atoms with Crippen molar-refractivity contribution in [2.45, 2.75) is 19.3 Å². The minimum atomic E-state index is -0.985. The van der Waals surface area contributed by atoms with E-state index in [1.807, 2.05) is 0 Å². The number of nitrogen functional groups attached to an aromatic ring is 1. The Hall–Kier alpha value is -3.78. The number of aromatic hydroxyl groups is 1. The molecular formula is C22H24N3O7P. The van der Waals surface area contributed by atoms with E-state index in [0.29, 0.717) is 28.0 Å². The Morgan fingerprint density at radius 3 is 2.48 bits per heavy atom. The van der Waals surface area contributed by atoms with Crippen LogP contribution in [0.3, 0.4) is 0 Å². The van der Waals surface area contributed by atoms with E-state index in [1.165, 1.54) is 32.5 Å². The van der Waals surface area contributed by atoms with Crippen LogP contribution in [0.4, 0.5) is 11.5 Å². The first-order chi connectivity index (χ1) is 15.7. The van der Waals surface area contributed by atoms with Crippen LogP contribution in [0.5, 0.6) is 17.2 Å². The minimum Gasteiger partial charge on any atom is -0.507 e. The highest BCUT2D eigenvalue weighted by Crippen LogP contribution is 2.40. The number of anilines is 1. The van der Waals surface area contributed by atoms with Gasteiger partial charge in [0.05, 0.1) is 31.1 Å². The van der Waals surface area contributed by atoms with Crippen LogP contribution in [0.1, 0.15) is 22.0 Å². The molecule has 0 spiro atoms. The molecule has 0 amide bonds. The number of aromatic nitrogens is 1. The molecule has 0 aliphatic rings. The number of methoxy groups -OCH3 is 2. The van der Waals surface area contributed by atoms with Gasteiger partial charge in [-0.3, -0.25) is 14.9 Å². The number of aliphatic carboxylic acids is 1. The second-order valence-electron chi connectivity index (χ2n) is 7.45. The van der Waals surface area contributed by atoms with E-state index in [-0.39, 0.29) is 44.6 Å². The van der Waals surface area contributed by atoms with Gasteiger partial charge in [-0.1, -0.05) is 6.07 Å². The fraction of sp³-hybridized carbons (Fsp3) is 0.273. The van der Waals surface area contributed by atoms with Gasteiger partial charge in [-0.25, -0.2) is 4.98 Å². The average Bonchev–Trinajstić information content (AvgIpc) is 3.13. The number of nitrogens with two attached hydrogens (primary N) is 1. The molecule has 3 rings (SSSR count). The van der Waals surface area contributed by atoms with Crippen molar-refractivity contribution in [2.24, 2.45) is 5.92 Å². The highest BCUT2D eigenvalue weighted by molar-refractivity contribution is 7.30. The van der Waals surface area contributed by atoms with Crippen molar-refractivity contribution in [3.8, 4) is 17.2 Å². The van der Waals surface area contributed by atoms with Crippen LogP contribution in [0.2, 0.25) is 0 Å². The predicted octanol–water partition coefficient (Wildman–Crippen LogP) is 3.40. The first-order valence-electron chi connectivity index (χ1n) is 9.94. The van der Waals surface area contributed by atoms with Gasteiger partial charge in [0, 0.05) is 29.0 Å². The molecule has 2 atom stereocenters. The molecule has 0 aliphatic carbocycles. The second-order valence-corrected chi connectivity index (χ2v) is 8.63. The van der Waals surface area contributed by atoms with E-state index >= 15 is 0 Å². The number of rotatable bonds is 10. The smallest absolute Gasteiger partial charge is 0.307 e. The molecule has 0 aliphatic heterocycles. The Morgan fingerprint density at radius 2 is 1.91 bits per heavy atom. The van der Waals surface area contributed by atoms with Crippen LogP contribution < -0.4 is 15.2 Å². The number of nitro benzene ring substituents is 1. The molecule has 3 aromatic rings. The van der Waals surface area contributed by atoms with Crippen molar-refractivity contribution in [3.05, 3.63) is 68.4 Å². The molecule has 2 unspecified atom stereocenters. The quantitative estimate of drug-likeness (QED) is 0.296. The van der Waals surface area contributed by atoms with Crippen molar-refractivity contribution < 1.29 is 29.4 Å². The number of hydrogen-bond acceptors (Lipinski definition) is 8. The molecule has 0 fully saturated rings. The lowest BCUT2D eigenvalue weighted by atomic mass is 9.95. The third-order valence-corrected chi connectivity index (χ3v) is 6.58. The summed E-state index contributed by atoms with van der Waals surface area (Å²) in [5, 5.41) is 32.6. The molecule has 0 bridgehead atoms. The molecule has 1 aromatic carbocycles. The predicted molar refractivity (Wildman–Crippen MR) is 124 cm³/mol. The van der Waals surface area contributed by atoms with Crippen molar-refractivity contribution in [1.82, 2.24) is 4.98 Å². The first kappa shape index (κ1) is 23.9. The Morgan fingerprint density at radius 1 is 1.21 bits per heavy atom. The molecule has 4 N–H and O–H groups in total. The number of ether oxygens (including phenoxy) is 2. The molecule has 0 radical (unpaired) electrons. The molecule has 10 nitrogen and oxygen atoms in total. The van der Waals surface area contributed by atoms with Crippen LogP contribution in [0.25, 0.3) is 0 Å². The van der Waals surface area contributed by atoms with Crippen LogP contribution in [0, 0.1) is 16.0 Å². The Balaban J connectivity index is 1.85. The van der Waals surface area contributed by atoms with Crippen molar-refractivity contribution >= 4 is 25.7 Å². The Bertz CT molecular complexity index is 1160. The number of pyridine rings is 1. The van der Waals surface area contributed by atoms with E-state index < -0.39 is 16.8 Å². The van der Waals surface area contributed by atoms with Gasteiger partial charge in [0.15, 0.2) is 11.5 Å². The zero-order valence-electron chi connectivity index (χ0n) is 18.1. The normalized spacial score (nSPS) is 11.9. The van der Waals surface area contributed by atoms with Gasteiger partial charge >= 0.3 is 5.97 Å². The maximum atomic E-state index is 11.8. The van der Waals surface area contributed by atoms with Gasteiger partial charge in [-0.2, -0.15) is 0 Å². The lowest BCUT2D eigenvalue weighted by molar-refractivity contribution is -0.385. The topological polar surface area (TPSA) is 158 Å². The molecule has 2 aromatic heterocycles. The van der Waals surface area contributed by atoms with Crippen molar-refractivity contribution in [2.75, 3.05) is 20.0 Å². The monoisotopic (exact) mass is 473 g/mol. The van der Waals surface area contributed by atoms with E-state index in [2.05, 4.69) is 4.98 Å². The molecule has 0 saturated carbocycles. The van der Waals surface area contributed by atoms with E-state index in [0.717, 1.165) is 5.56 Å². The number of hydrogen-bond donors (Lipinski definition) is 3. The van der Waals surface area contributed by atoms with E-state index in [9.17, 15) is 25.1 Å². The van der Waals surface area contributed by atoms with Crippen molar-refractivity contribution in [3.63, 3.8) is 0 Å². The summed E-state index contributed by atoms with van der Waals surface area (Å²) in [4.78, 5) is 26.9. The number of nitro groups is 1. The number of carbonyl (C=O) groups is 1. The summed E-state index contributed by atoms with van der Waals surface area (Å²) in [6, 6.07) is 6.14. The molecule has 2 heterocycles. The summed E-state index contributed by atoms with van der Waals surface area (Å²) in [6.07, 6.45) is 2.02. The SMILES string of the molecule is COc1cc(Cc2c[pH]c(CC(Cc3ccc(N)nc3)C(=O)O)c2O)c([N+](=O)[O-])cc1OC. The van der Waals surface area contributed by atoms with Gasteiger partial charge in [-0.15, -0.1) is 8.19 Å². The number of carboxylic acids is 1. The molecule has 0 saturated heterocycles. The maximum Gasteiger partial charge on any atom is 0.307 e. The summed E-state index contributed by atoms with van der Waals surface area (Å²) in [5.41, 5.74) is 7.01. The number of nitrogens with zero attached hydrogens (tertiary/aromatic N) is 2. The van der Waals surface area contributed by atoms with Gasteiger partial charge in [0.1, 0.15) is 11.6 Å². The molecular weight excluding hydrogens is 449 g/mol. The zero-order chi connectivity index (χ0) is 24.1. The largest absolute Gasteiger partial charge is 0.507 e. The fourth-order valence-electron chi connectivity index (χ4n) is 3.56. The number of carboxylic acid groups (broad SMARTS) is 1. The van der Waals surface area contributed by atoms with Crippen LogP contribution in [-0.4, -0.2) is 40.3 Å². The molecule has 11 heteroatoms. The van der Waals surface area contributed by atoms with Gasteiger partial charge in [0.2, 0.25) is 0 Å². The van der Waals surface area contributed by atoms with E-state index in [1.54, 1.807) is 17.9 Å². The van der Waals surface area contributed by atoms with Gasteiger partial charge < -0.3 is 25.4 Å². The minimum absolute atomic E-state index is 0.0147. The highest BCUT2D eigenvalue weighted by atomic mass is 31.0. The summed E-state index contributed by atoms with van der Waals surface area (Å²) in [6.45, 7) is 0.